The average molecular weight is 312 g/mol. The van der Waals surface area contributed by atoms with Crippen molar-refractivity contribution >= 4 is 22.8 Å². The van der Waals surface area contributed by atoms with E-state index in [0.717, 1.165) is 16.5 Å². The quantitative estimate of drug-likeness (QED) is 0.549. The fourth-order valence-electron chi connectivity index (χ4n) is 2.51. The molecule has 2 aromatic heterocycles. The summed E-state index contributed by atoms with van der Waals surface area (Å²) in [6.07, 6.45) is 5.07. The lowest BCUT2D eigenvalue weighted by Gasteiger charge is -2.13. The summed E-state index contributed by atoms with van der Waals surface area (Å²) in [5, 5.41) is 12.8. The molecule has 118 valence electrons. The molecule has 4 N–H and O–H groups in total. The molecular formula is C16H16N4O3. The lowest BCUT2D eigenvalue weighted by molar-refractivity contribution is -0.141. The number of nitrogens with zero attached hydrogens (tertiary/aromatic N) is 1. The lowest BCUT2D eigenvalue weighted by atomic mass is 10.1. The number of carboxylic acids is 1. The Labute approximate surface area is 131 Å². The van der Waals surface area contributed by atoms with Crippen molar-refractivity contribution < 1.29 is 14.7 Å². The zero-order valence-electron chi connectivity index (χ0n) is 12.2. The number of nitrogens with one attached hydrogen (secondary N) is 3. The first-order valence-corrected chi connectivity index (χ1v) is 7.18. The molecule has 3 aromatic rings. The van der Waals surface area contributed by atoms with E-state index in [0.29, 0.717) is 5.69 Å². The van der Waals surface area contributed by atoms with Crippen molar-refractivity contribution in [2.24, 2.45) is 0 Å². The Morgan fingerprint density at radius 3 is 2.83 bits per heavy atom. The fraction of sp³-hybridized carbons (Fsp3) is 0.188. The van der Waals surface area contributed by atoms with Gasteiger partial charge in [-0.15, -0.1) is 0 Å². The van der Waals surface area contributed by atoms with E-state index in [1.54, 1.807) is 12.4 Å². The van der Waals surface area contributed by atoms with Crippen LogP contribution >= 0.6 is 0 Å². The number of carboxylic acid groups (broad SMARTS) is 1. The second-order valence-corrected chi connectivity index (χ2v) is 5.28. The van der Waals surface area contributed by atoms with Crippen molar-refractivity contribution in [1.29, 1.82) is 0 Å². The Morgan fingerprint density at radius 2 is 2.09 bits per heavy atom. The van der Waals surface area contributed by atoms with Crippen LogP contribution in [0.2, 0.25) is 0 Å². The molecule has 7 nitrogen and oxygen atoms in total. The highest BCUT2D eigenvalue weighted by Gasteiger charge is 2.21. The summed E-state index contributed by atoms with van der Waals surface area (Å²) >= 11 is 0. The molecule has 0 aliphatic rings. The molecule has 0 unspecified atom stereocenters. The van der Waals surface area contributed by atoms with Gasteiger partial charge in [0.25, 0.3) is 0 Å². The van der Waals surface area contributed by atoms with Crippen molar-refractivity contribution in [3.63, 3.8) is 0 Å². The average Bonchev–Trinajstić information content (AvgIpc) is 3.17. The Morgan fingerprint density at radius 1 is 1.26 bits per heavy atom. The highest BCUT2D eigenvalue weighted by molar-refractivity contribution is 5.90. The Bertz CT molecular complexity index is 823. The topological polar surface area (TPSA) is 111 Å². The summed E-state index contributed by atoms with van der Waals surface area (Å²) in [5.41, 5.74) is 2.44. The summed E-state index contributed by atoms with van der Waals surface area (Å²) in [6.45, 7) is 0. The second-order valence-electron chi connectivity index (χ2n) is 5.28. The molecular weight excluding hydrogens is 296 g/mol. The van der Waals surface area contributed by atoms with Crippen LogP contribution < -0.4 is 5.32 Å². The number of hydrogen-bond acceptors (Lipinski definition) is 3. The number of H-pyrrole nitrogens is 2. The summed E-state index contributed by atoms with van der Waals surface area (Å²) in [4.78, 5) is 33.3. The van der Waals surface area contributed by atoms with Gasteiger partial charge >= 0.3 is 5.97 Å². The second kappa shape index (κ2) is 6.35. The maximum Gasteiger partial charge on any atom is 0.326 e. The predicted molar refractivity (Wildman–Crippen MR) is 83.9 cm³/mol. The number of carbonyl (C=O) groups excluding carboxylic acids is 1. The first-order valence-electron chi connectivity index (χ1n) is 7.18. The third kappa shape index (κ3) is 3.39. The number of amides is 1. The maximum absolute atomic E-state index is 12.2. The monoisotopic (exact) mass is 312 g/mol. The number of fused-ring (bicyclic) bond motifs is 1. The highest BCUT2D eigenvalue weighted by Crippen LogP contribution is 2.18. The number of aliphatic carboxylic acids is 1. The summed E-state index contributed by atoms with van der Waals surface area (Å²) in [5.74, 6) is -1.41. The van der Waals surface area contributed by atoms with Crippen LogP contribution in [0.4, 0.5) is 0 Å². The molecule has 2 heterocycles. The molecule has 0 saturated heterocycles. The van der Waals surface area contributed by atoms with Gasteiger partial charge in [0.15, 0.2) is 0 Å². The Hall–Kier alpha value is -3.09. The molecule has 0 aliphatic heterocycles. The summed E-state index contributed by atoms with van der Waals surface area (Å²) in [7, 11) is 0. The van der Waals surface area contributed by atoms with E-state index < -0.39 is 12.0 Å². The van der Waals surface area contributed by atoms with Crippen molar-refractivity contribution in [3.8, 4) is 0 Å². The van der Waals surface area contributed by atoms with E-state index in [-0.39, 0.29) is 18.7 Å². The van der Waals surface area contributed by atoms with Gasteiger partial charge in [-0.2, -0.15) is 0 Å². The standard InChI is InChI=1S/C16H16N4O3/c21-15(5-10-7-18-13-4-2-1-3-12(10)13)20-14(16(22)23)6-11-8-17-9-19-11/h1-4,7-9,14,18H,5-6H2,(H,17,19)(H,20,21)(H,22,23)/t14-/m0/s1. The van der Waals surface area contributed by atoms with Crippen LogP contribution in [0.25, 0.3) is 10.9 Å². The molecule has 0 radical (unpaired) electrons. The summed E-state index contributed by atoms with van der Waals surface area (Å²) < 4.78 is 0. The SMILES string of the molecule is O=C(Cc1c[nH]c2ccccc12)N[C@@H](Cc1cnc[nH]1)C(=O)O. The minimum absolute atomic E-state index is 0.122. The van der Waals surface area contributed by atoms with Crippen LogP contribution in [0.15, 0.2) is 43.0 Å². The van der Waals surface area contributed by atoms with Gasteiger partial charge in [0.1, 0.15) is 6.04 Å². The lowest BCUT2D eigenvalue weighted by Crippen LogP contribution is -2.43. The van der Waals surface area contributed by atoms with E-state index in [2.05, 4.69) is 20.3 Å². The van der Waals surface area contributed by atoms with E-state index in [4.69, 9.17) is 0 Å². The zero-order chi connectivity index (χ0) is 16.2. The molecule has 0 spiro atoms. The van der Waals surface area contributed by atoms with E-state index in [9.17, 15) is 14.7 Å². The molecule has 1 amide bonds. The molecule has 1 atom stereocenters. The molecule has 23 heavy (non-hydrogen) atoms. The zero-order valence-corrected chi connectivity index (χ0v) is 12.2. The minimum atomic E-state index is -1.08. The van der Waals surface area contributed by atoms with Crippen LogP contribution in [0.3, 0.4) is 0 Å². The number of carbonyl (C=O) groups is 2. The number of aromatic nitrogens is 3. The van der Waals surface area contributed by atoms with E-state index in [1.165, 1.54) is 6.33 Å². The first kappa shape index (κ1) is 14.8. The van der Waals surface area contributed by atoms with Crippen molar-refractivity contribution in [3.05, 3.63) is 54.2 Å². The van der Waals surface area contributed by atoms with Crippen LogP contribution in [-0.2, 0) is 22.4 Å². The number of para-hydroxylation sites is 1. The number of benzene rings is 1. The third-order valence-corrected chi connectivity index (χ3v) is 3.64. The summed E-state index contributed by atoms with van der Waals surface area (Å²) in [6, 6.07) is 6.67. The van der Waals surface area contributed by atoms with Gasteiger partial charge in [-0.25, -0.2) is 9.78 Å². The molecule has 3 rings (SSSR count). The molecule has 1 aromatic carbocycles. The largest absolute Gasteiger partial charge is 0.480 e. The Balaban J connectivity index is 1.68. The molecule has 0 saturated carbocycles. The number of hydrogen-bond donors (Lipinski definition) is 4. The molecule has 0 aliphatic carbocycles. The van der Waals surface area contributed by atoms with Crippen molar-refractivity contribution in [2.45, 2.75) is 18.9 Å². The van der Waals surface area contributed by atoms with Crippen LogP contribution in [-0.4, -0.2) is 38.0 Å². The van der Waals surface area contributed by atoms with Gasteiger partial charge in [0.05, 0.1) is 12.7 Å². The van der Waals surface area contributed by atoms with Crippen LogP contribution in [0, 0.1) is 0 Å². The Kier molecular flexibility index (Phi) is 4.09. The molecule has 0 fully saturated rings. The van der Waals surface area contributed by atoms with Gasteiger partial charge in [-0.1, -0.05) is 18.2 Å². The van der Waals surface area contributed by atoms with Crippen LogP contribution in [0.5, 0.6) is 0 Å². The molecule has 0 bridgehead atoms. The van der Waals surface area contributed by atoms with Gasteiger partial charge in [-0.3, -0.25) is 4.79 Å². The maximum atomic E-state index is 12.2. The normalized spacial score (nSPS) is 12.2. The number of imidazole rings is 1. The fourth-order valence-corrected chi connectivity index (χ4v) is 2.51. The van der Waals surface area contributed by atoms with E-state index >= 15 is 0 Å². The van der Waals surface area contributed by atoms with Crippen LogP contribution in [0.1, 0.15) is 11.3 Å². The van der Waals surface area contributed by atoms with Gasteiger partial charge in [0.2, 0.25) is 5.91 Å². The van der Waals surface area contributed by atoms with Crippen molar-refractivity contribution in [2.75, 3.05) is 0 Å². The van der Waals surface area contributed by atoms with Gasteiger partial charge in [0, 0.05) is 35.4 Å². The highest BCUT2D eigenvalue weighted by atomic mass is 16.4. The smallest absolute Gasteiger partial charge is 0.326 e. The molecule has 7 heteroatoms. The van der Waals surface area contributed by atoms with Crippen molar-refractivity contribution in [1.82, 2.24) is 20.3 Å². The van der Waals surface area contributed by atoms with E-state index in [1.807, 2.05) is 24.3 Å². The predicted octanol–water partition coefficient (Wildman–Crippen LogP) is 1.25. The number of rotatable bonds is 6. The third-order valence-electron chi connectivity index (χ3n) is 3.64. The number of aromatic amines is 2. The minimum Gasteiger partial charge on any atom is -0.480 e. The van der Waals surface area contributed by atoms with Gasteiger partial charge in [-0.05, 0) is 11.6 Å². The first-order chi connectivity index (χ1) is 11.1. The van der Waals surface area contributed by atoms with Gasteiger partial charge < -0.3 is 20.4 Å².